The predicted octanol–water partition coefficient (Wildman–Crippen LogP) is 6.10. The maximum atomic E-state index is 4.73. The predicted molar refractivity (Wildman–Crippen MR) is 115 cm³/mol. The van der Waals surface area contributed by atoms with Crippen molar-refractivity contribution in [2.24, 2.45) is 0 Å². The molecule has 0 atom stereocenters. The van der Waals surface area contributed by atoms with Crippen LogP contribution in [0.25, 0.3) is 43.2 Å². The molecule has 2 aliphatic heterocycles. The summed E-state index contributed by atoms with van der Waals surface area (Å²) in [6.45, 7) is 0. The number of hydrogen-bond donors (Lipinski definition) is 2. The fourth-order valence-electron chi connectivity index (χ4n) is 3.01. The Bertz CT molecular complexity index is 1260. The summed E-state index contributed by atoms with van der Waals surface area (Å²) in [6, 6.07) is 16.3. The summed E-state index contributed by atoms with van der Waals surface area (Å²) in [5.41, 5.74) is 7.57. The smallest absolute Gasteiger partial charge is 0.0813 e. The number of fused-ring (bicyclic) bond motifs is 8. The SMILES string of the molecule is BrC1=C(Br)c2cc3ccc(cc4ccc(cc5nc(cc1n2)C=C5)[nH]4)[nH]3. The van der Waals surface area contributed by atoms with E-state index in [9.17, 15) is 0 Å². The molecule has 6 heteroatoms. The van der Waals surface area contributed by atoms with Crippen molar-refractivity contribution in [1.29, 1.82) is 0 Å². The number of aromatic amines is 2. The number of hydrogen-bond acceptors (Lipinski definition) is 2. The third kappa shape index (κ3) is 2.85. The van der Waals surface area contributed by atoms with Gasteiger partial charge in [0.15, 0.2) is 0 Å². The van der Waals surface area contributed by atoms with Crippen LogP contribution in [0.3, 0.4) is 0 Å². The second-order valence-electron chi connectivity index (χ2n) is 6.12. The van der Waals surface area contributed by atoms with Gasteiger partial charge in [0.05, 0.1) is 31.7 Å². The van der Waals surface area contributed by atoms with Gasteiger partial charge in [-0.05, 0) is 92.5 Å². The minimum absolute atomic E-state index is 0.848. The van der Waals surface area contributed by atoms with Crippen molar-refractivity contribution in [3.05, 3.63) is 71.3 Å². The van der Waals surface area contributed by atoms with Crippen LogP contribution >= 0.6 is 31.9 Å². The van der Waals surface area contributed by atoms with E-state index in [0.717, 1.165) is 53.8 Å². The van der Waals surface area contributed by atoms with Crippen molar-refractivity contribution in [1.82, 2.24) is 19.9 Å². The maximum absolute atomic E-state index is 4.73. The fraction of sp³-hybridized carbons (Fsp3) is 0. The van der Waals surface area contributed by atoms with Crippen molar-refractivity contribution in [2.45, 2.75) is 0 Å². The third-order valence-corrected chi connectivity index (χ3v) is 6.36. The highest BCUT2D eigenvalue weighted by Gasteiger charge is 2.16. The molecule has 0 unspecified atom stereocenters. The van der Waals surface area contributed by atoms with E-state index < -0.39 is 0 Å². The van der Waals surface area contributed by atoms with Gasteiger partial charge in [0.2, 0.25) is 0 Å². The summed E-state index contributed by atoms with van der Waals surface area (Å²) in [7, 11) is 0. The van der Waals surface area contributed by atoms with Crippen molar-refractivity contribution >= 4 is 75.0 Å². The Morgan fingerprint density at radius 3 is 1.73 bits per heavy atom. The van der Waals surface area contributed by atoms with E-state index in [1.165, 1.54) is 0 Å². The van der Waals surface area contributed by atoms with E-state index >= 15 is 0 Å². The summed E-state index contributed by atoms with van der Waals surface area (Å²) in [5.74, 6) is 0. The summed E-state index contributed by atoms with van der Waals surface area (Å²) >= 11 is 7.26. The molecule has 8 bridgehead atoms. The zero-order valence-corrected chi connectivity index (χ0v) is 16.6. The quantitative estimate of drug-likeness (QED) is 0.328. The van der Waals surface area contributed by atoms with Gasteiger partial charge in [-0.1, -0.05) is 0 Å². The molecule has 26 heavy (non-hydrogen) atoms. The summed E-state index contributed by atoms with van der Waals surface area (Å²) < 4.78 is 1.86. The molecule has 0 radical (unpaired) electrons. The second kappa shape index (κ2) is 6.07. The standard InChI is InChI=1S/C20H12Br2N4/c21-19-17-9-15-5-3-13(24-15)7-11-1-2-12(23-11)8-14-4-6-16(25-14)10-18(26-17)20(19)22/h1-10,23-24H. The van der Waals surface area contributed by atoms with Crippen LogP contribution in [0.2, 0.25) is 0 Å². The van der Waals surface area contributed by atoms with Gasteiger partial charge in [0.1, 0.15) is 0 Å². The van der Waals surface area contributed by atoms with Crippen LogP contribution < -0.4 is 0 Å². The lowest BCUT2D eigenvalue weighted by Crippen LogP contribution is -1.78. The molecular weight excluding hydrogens is 456 g/mol. The maximum Gasteiger partial charge on any atom is 0.0813 e. The van der Waals surface area contributed by atoms with Crippen LogP contribution in [0, 0.1) is 0 Å². The number of nitrogens with one attached hydrogen (secondary N) is 2. The first-order valence-corrected chi connectivity index (χ1v) is 9.65. The van der Waals surface area contributed by atoms with E-state index in [2.05, 4.69) is 71.1 Å². The molecule has 0 aliphatic carbocycles. The van der Waals surface area contributed by atoms with Crippen molar-refractivity contribution in [2.75, 3.05) is 0 Å². The van der Waals surface area contributed by atoms with Crippen LogP contribution in [0.5, 0.6) is 0 Å². The van der Waals surface area contributed by atoms with Gasteiger partial charge < -0.3 is 9.97 Å². The van der Waals surface area contributed by atoms with Gasteiger partial charge in [-0.3, -0.25) is 0 Å². The van der Waals surface area contributed by atoms with Crippen LogP contribution in [0.4, 0.5) is 0 Å². The number of nitrogens with zero attached hydrogens (tertiary/aromatic N) is 2. The Labute approximate surface area is 166 Å². The molecule has 5 heterocycles. The largest absolute Gasteiger partial charge is 0.355 e. The average molecular weight is 468 g/mol. The van der Waals surface area contributed by atoms with Gasteiger partial charge in [0, 0.05) is 22.1 Å². The Hall–Kier alpha value is -2.44. The Kier molecular flexibility index (Phi) is 3.69. The highest BCUT2D eigenvalue weighted by atomic mass is 79.9. The van der Waals surface area contributed by atoms with Crippen molar-refractivity contribution < 1.29 is 0 Å². The minimum Gasteiger partial charge on any atom is -0.355 e. The Morgan fingerprint density at radius 2 is 1.08 bits per heavy atom. The number of rotatable bonds is 0. The molecule has 0 fully saturated rings. The topological polar surface area (TPSA) is 57.4 Å². The van der Waals surface area contributed by atoms with E-state index in [1.807, 2.05) is 36.4 Å². The Morgan fingerprint density at radius 1 is 0.577 bits per heavy atom. The average Bonchev–Trinajstić information content (AvgIpc) is 3.38. The molecule has 0 amide bonds. The van der Waals surface area contributed by atoms with E-state index in [0.29, 0.717) is 0 Å². The Balaban J connectivity index is 1.88. The van der Waals surface area contributed by atoms with Gasteiger partial charge in [0.25, 0.3) is 0 Å². The third-order valence-electron chi connectivity index (χ3n) is 4.22. The monoisotopic (exact) mass is 466 g/mol. The number of aromatic nitrogens is 4. The lowest BCUT2D eigenvalue weighted by atomic mass is 10.3. The molecule has 0 spiro atoms. The molecule has 3 aromatic rings. The second-order valence-corrected chi connectivity index (χ2v) is 7.71. The van der Waals surface area contributed by atoms with Crippen LogP contribution in [-0.4, -0.2) is 19.9 Å². The van der Waals surface area contributed by atoms with Gasteiger partial charge in [-0.25, -0.2) is 9.97 Å². The summed E-state index contributed by atoms with van der Waals surface area (Å²) in [4.78, 5) is 16.2. The van der Waals surface area contributed by atoms with Gasteiger partial charge in [-0.2, -0.15) is 0 Å². The summed E-state index contributed by atoms with van der Waals surface area (Å²) in [6.07, 6.45) is 4.00. The highest BCUT2D eigenvalue weighted by molar-refractivity contribution is 9.18. The molecule has 3 aromatic heterocycles. The van der Waals surface area contributed by atoms with Crippen LogP contribution in [0.1, 0.15) is 22.8 Å². The normalized spacial score (nSPS) is 13.5. The lowest BCUT2D eigenvalue weighted by molar-refractivity contribution is 1.27. The molecular formula is C20H12Br2N4. The first kappa shape index (κ1) is 15.8. The number of halogens is 2. The molecule has 2 aliphatic rings. The van der Waals surface area contributed by atoms with E-state index in [-0.39, 0.29) is 0 Å². The molecule has 2 N–H and O–H groups in total. The van der Waals surface area contributed by atoms with Crippen LogP contribution in [0.15, 0.2) is 48.5 Å². The van der Waals surface area contributed by atoms with Crippen molar-refractivity contribution in [3.63, 3.8) is 0 Å². The zero-order valence-electron chi connectivity index (χ0n) is 13.4. The van der Waals surface area contributed by atoms with Gasteiger partial charge >= 0.3 is 0 Å². The van der Waals surface area contributed by atoms with E-state index in [4.69, 9.17) is 4.98 Å². The molecule has 0 saturated carbocycles. The highest BCUT2D eigenvalue weighted by Crippen LogP contribution is 2.38. The minimum atomic E-state index is 0.848. The molecule has 5 rings (SSSR count). The van der Waals surface area contributed by atoms with Crippen molar-refractivity contribution in [3.8, 4) is 0 Å². The first-order valence-electron chi connectivity index (χ1n) is 8.06. The fourth-order valence-corrected chi connectivity index (χ4v) is 3.82. The van der Waals surface area contributed by atoms with Gasteiger partial charge in [-0.15, -0.1) is 0 Å². The summed E-state index contributed by atoms with van der Waals surface area (Å²) in [5, 5.41) is 0. The molecule has 0 aromatic carbocycles. The van der Waals surface area contributed by atoms with Crippen LogP contribution in [-0.2, 0) is 0 Å². The first-order chi connectivity index (χ1) is 12.6. The number of H-pyrrole nitrogens is 2. The molecule has 0 saturated heterocycles. The lowest BCUT2D eigenvalue weighted by Gasteiger charge is -1.90. The molecule has 4 nitrogen and oxygen atoms in total. The molecule has 126 valence electrons. The van der Waals surface area contributed by atoms with E-state index in [1.54, 1.807) is 0 Å². The zero-order chi connectivity index (χ0) is 17.7.